The van der Waals surface area contributed by atoms with Crippen LogP contribution < -0.4 is 22.1 Å². The van der Waals surface area contributed by atoms with Crippen molar-refractivity contribution in [1.82, 2.24) is 15.0 Å². The van der Waals surface area contributed by atoms with Crippen LogP contribution in [0.3, 0.4) is 0 Å². The van der Waals surface area contributed by atoms with Crippen LogP contribution in [0.5, 0.6) is 0 Å². The summed E-state index contributed by atoms with van der Waals surface area (Å²) >= 11 is 7.53. The Morgan fingerprint density at radius 2 is 1.97 bits per heavy atom. The zero-order valence-electron chi connectivity index (χ0n) is 16.0. The van der Waals surface area contributed by atoms with Gasteiger partial charge in [-0.25, -0.2) is 15.0 Å². The number of nitrogen functional groups attached to an aromatic ring is 2. The van der Waals surface area contributed by atoms with Crippen molar-refractivity contribution in [2.24, 2.45) is 11.1 Å². The lowest BCUT2D eigenvalue weighted by atomic mass is 9.73. The molecule has 0 amide bonds. The fourth-order valence-corrected chi connectivity index (χ4v) is 4.91. The molecule has 1 spiro atoms. The van der Waals surface area contributed by atoms with E-state index in [-0.39, 0.29) is 35.8 Å². The highest BCUT2D eigenvalue weighted by atomic mass is 35.5. The van der Waals surface area contributed by atoms with Gasteiger partial charge in [0.2, 0.25) is 0 Å². The SMILES string of the molecule is C[C@@H]1OCC2(CCN(c3cnc(Sc4ccnc(N)c4Cl)c(N)n3)CC2)[C@@H]1N.Cl. The molecule has 2 aromatic rings. The minimum absolute atomic E-state index is 0. The minimum atomic E-state index is 0. The van der Waals surface area contributed by atoms with Gasteiger partial charge in [0, 0.05) is 35.6 Å². The van der Waals surface area contributed by atoms with Crippen molar-refractivity contribution in [1.29, 1.82) is 0 Å². The van der Waals surface area contributed by atoms with E-state index in [4.69, 9.17) is 33.5 Å². The second kappa shape index (κ2) is 8.69. The summed E-state index contributed by atoms with van der Waals surface area (Å²) in [6.07, 6.45) is 5.42. The highest BCUT2D eigenvalue weighted by Crippen LogP contribution is 2.42. The van der Waals surface area contributed by atoms with Crippen molar-refractivity contribution in [3.05, 3.63) is 23.5 Å². The maximum Gasteiger partial charge on any atom is 0.158 e. The first-order valence-electron chi connectivity index (χ1n) is 9.22. The molecule has 11 heteroatoms. The molecule has 4 rings (SSSR count). The number of anilines is 3. The zero-order valence-corrected chi connectivity index (χ0v) is 18.4. The summed E-state index contributed by atoms with van der Waals surface area (Å²) in [5.41, 5.74) is 18.4. The molecule has 2 fully saturated rings. The Labute approximate surface area is 185 Å². The second-order valence-corrected chi connectivity index (χ2v) is 8.83. The van der Waals surface area contributed by atoms with Crippen LogP contribution >= 0.6 is 35.8 Å². The van der Waals surface area contributed by atoms with E-state index in [0.717, 1.165) is 43.3 Å². The summed E-state index contributed by atoms with van der Waals surface area (Å²) in [5.74, 6) is 1.42. The number of piperidine rings is 1. The molecule has 0 radical (unpaired) electrons. The third-order valence-corrected chi connectivity index (χ3v) is 7.35. The number of hydrogen-bond donors (Lipinski definition) is 3. The molecule has 0 bridgehead atoms. The van der Waals surface area contributed by atoms with Gasteiger partial charge in [0.1, 0.15) is 16.7 Å². The number of aromatic nitrogens is 3. The van der Waals surface area contributed by atoms with Gasteiger partial charge in [-0.3, -0.25) is 0 Å². The number of ether oxygens (including phenoxy) is 1. The van der Waals surface area contributed by atoms with Crippen LogP contribution in [0, 0.1) is 5.41 Å². The molecule has 2 saturated heterocycles. The molecule has 4 heterocycles. The first-order chi connectivity index (χ1) is 13.4. The van der Waals surface area contributed by atoms with Gasteiger partial charge in [-0.1, -0.05) is 23.4 Å². The minimum Gasteiger partial charge on any atom is -0.382 e. The van der Waals surface area contributed by atoms with Crippen LogP contribution in [0.2, 0.25) is 5.02 Å². The Hall–Kier alpha value is -1.52. The Morgan fingerprint density at radius 3 is 2.59 bits per heavy atom. The Balaban J connectivity index is 0.00000240. The largest absolute Gasteiger partial charge is 0.382 e. The highest BCUT2D eigenvalue weighted by molar-refractivity contribution is 7.99. The number of nitrogens with zero attached hydrogens (tertiary/aromatic N) is 4. The molecule has 0 unspecified atom stereocenters. The van der Waals surface area contributed by atoms with Crippen molar-refractivity contribution in [3.8, 4) is 0 Å². The maximum atomic E-state index is 6.39. The van der Waals surface area contributed by atoms with E-state index in [0.29, 0.717) is 15.9 Å². The normalized spacial score (nSPS) is 23.2. The van der Waals surface area contributed by atoms with E-state index >= 15 is 0 Å². The van der Waals surface area contributed by atoms with Crippen LogP contribution in [0.15, 0.2) is 28.4 Å². The number of pyridine rings is 1. The average Bonchev–Trinajstić information content (AvgIpc) is 2.96. The Kier molecular flexibility index (Phi) is 6.64. The highest BCUT2D eigenvalue weighted by Gasteiger charge is 2.47. The van der Waals surface area contributed by atoms with Crippen molar-refractivity contribution < 1.29 is 4.74 Å². The summed E-state index contributed by atoms with van der Waals surface area (Å²) in [5, 5.41) is 0.980. The lowest BCUT2D eigenvalue weighted by Gasteiger charge is -2.41. The van der Waals surface area contributed by atoms with Crippen LogP contribution in [-0.2, 0) is 4.74 Å². The van der Waals surface area contributed by atoms with E-state index < -0.39 is 0 Å². The molecule has 2 aromatic heterocycles. The van der Waals surface area contributed by atoms with Gasteiger partial charge in [-0.2, -0.15) is 0 Å². The number of halogens is 2. The van der Waals surface area contributed by atoms with Gasteiger partial charge in [0.25, 0.3) is 0 Å². The van der Waals surface area contributed by atoms with Crippen LogP contribution in [-0.4, -0.2) is 46.8 Å². The van der Waals surface area contributed by atoms with Crippen molar-refractivity contribution in [2.45, 2.75) is 41.8 Å². The van der Waals surface area contributed by atoms with Gasteiger partial charge in [0.15, 0.2) is 5.82 Å². The van der Waals surface area contributed by atoms with Gasteiger partial charge >= 0.3 is 0 Å². The average molecular weight is 458 g/mol. The Morgan fingerprint density at radius 1 is 1.24 bits per heavy atom. The van der Waals surface area contributed by atoms with Gasteiger partial charge in [-0.15, -0.1) is 12.4 Å². The monoisotopic (exact) mass is 457 g/mol. The van der Waals surface area contributed by atoms with Gasteiger partial charge in [0.05, 0.1) is 23.9 Å². The third kappa shape index (κ3) is 4.20. The number of nitrogens with two attached hydrogens (primary N) is 3. The quantitative estimate of drug-likeness (QED) is 0.635. The zero-order chi connectivity index (χ0) is 19.9. The third-order valence-electron chi connectivity index (χ3n) is 5.77. The van der Waals surface area contributed by atoms with Crippen LogP contribution in [0.1, 0.15) is 19.8 Å². The van der Waals surface area contributed by atoms with E-state index in [9.17, 15) is 0 Å². The summed E-state index contributed by atoms with van der Waals surface area (Å²) in [4.78, 5) is 16.0. The fourth-order valence-electron chi connectivity index (χ4n) is 3.89. The lowest BCUT2D eigenvalue weighted by molar-refractivity contribution is 0.0974. The van der Waals surface area contributed by atoms with E-state index in [1.54, 1.807) is 18.5 Å². The molecule has 0 aromatic carbocycles. The number of rotatable bonds is 3. The molecule has 8 nitrogen and oxygen atoms in total. The van der Waals surface area contributed by atoms with Gasteiger partial charge in [-0.05, 0) is 25.8 Å². The summed E-state index contributed by atoms with van der Waals surface area (Å²) < 4.78 is 5.79. The molecular formula is C18H25Cl2N7OS. The second-order valence-electron chi connectivity index (χ2n) is 7.42. The predicted octanol–water partition coefficient (Wildman–Crippen LogP) is 2.60. The van der Waals surface area contributed by atoms with Crippen LogP contribution in [0.4, 0.5) is 17.5 Å². The summed E-state index contributed by atoms with van der Waals surface area (Å²) in [6.45, 7) is 4.51. The van der Waals surface area contributed by atoms with Crippen molar-refractivity contribution >= 4 is 53.2 Å². The van der Waals surface area contributed by atoms with Crippen LogP contribution in [0.25, 0.3) is 0 Å². The number of hydrogen-bond acceptors (Lipinski definition) is 9. The van der Waals surface area contributed by atoms with E-state index in [1.807, 2.05) is 0 Å². The summed E-state index contributed by atoms with van der Waals surface area (Å²) in [6, 6.07) is 1.86. The molecule has 2 atom stereocenters. The van der Waals surface area contributed by atoms with Crippen molar-refractivity contribution in [3.63, 3.8) is 0 Å². The fraction of sp³-hybridized carbons (Fsp3) is 0.500. The standard InChI is InChI=1S/C18H24ClN7OS.ClH/c1-10-14(20)18(9-27-10)3-6-26(7-4-18)12-8-24-17(16(22)25-12)28-11-2-5-23-15(21)13(11)19;/h2,5,8,10,14H,3-4,6-7,9,20H2,1H3,(H2,21,23)(H2,22,25);1H/t10-,14+;/m0./s1. The summed E-state index contributed by atoms with van der Waals surface area (Å²) in [7, 11) is 0. The topological polar surface area (TPSA) is 129 Å². The maximum absolute atomic E-state index is 6.39. The Bertz CT molecular complexity index is 879. The molecule has 2 aliphatic heterocycles. The van der Waals surface area contributed by atoms with E-state index in [2.05, 4.69) is 26.8 Å². The van der Waals surface area contributed by atoms with Crippen molar-refractivity contribution in [2.75, 3.05) is 36.1 Å². The lowest BCUT2D eigenvalue weighted by Crippen LogP contribution is -2.50. The molecular weight excluding hydrogens is 433 g/mol. The first kappa shape index (κ1) is 22.2. The molecule has 2 aliphatic rings. The molecule has 29 heavy (non-hydrogen) atoms. The smallest absolute Gasteiger partial charge is 0.158 e. The first-order valence-corrected chi connectivity index (χ1v) is 10.4. The van der Waals surface area contributed by atoms with Gasteiger partial charge < -0.3 is 26.8 Å². The molecule has 0 aliphatic carbocycles. The molecule has 0 saturated carbocycles. The molecule has 6 N–H and O–H groups in total. The molecule has 158 valence electrons. The van der Waals surface area contributed by atoms with E-state index in [1.165, 1.54) is 11.8 Å². The predicted molar refractivity (Wildman–Crippen MR) is 119 cm³/mol.